The van der Waals surface area contributed by atoms with Gasteiger partial charge in [0.05, 0.1) is 7.11 Å². The zero-order valence-electron chi connectivity index (χ0n) is 16.5. The number of rotatable bonds is 18. The molecule has 3 nitrogen and oxygen atoms in total. The van der Waals surface area contributed by atoms with Crippen molar-refractivity contribution in [3.63, 3.8) is 0 Å². The fourth-order valence-electron chi connectivity index (χ4n) is 3.02. The van der Waals surface area contributed by atoms with Crippen molar-refractivity contribution in [1.29, 1.82) is 0 Å². The number of methoxy groups -OCH3 is 1. The molecule has 0 N–H and O–H groups in total. The van der Waals surface area contributed by atoms with E-state index < -0.39 is 5.97 Å². The monoisotopic (exact) mass is 403 g/mol. The Hall–Kier alpha value is -0.341. The number of carbonyl (C=O) groups excluding carboxylic acids is 2. The Morgan fingerprint density at radius 2 is 1.00 bits per heavy atom. The van der Waals surface area contributed by atoms with Crippen molar-refractivity contribution < 1.29 is 31.4 Å². The van der Waals surface area contributed by atoms with E-state index in [1.807, 2.05) is 0 Å². The predicted molar refractivity (Wildman–Crippen MR) is 101 cm³/mol. The molecule has 0 saturated carbocycles. The second-order valence-electron chi connectivity index (χ2n) is 6.99. The Labute approximate surface area is 166 Å². The first-order valence-corrected chi connectivity index (χ1v) is 10.3. The summed E-state index contributed by atoms with van der Waals surface area (Å²) in [6, 6.07) is 0. The van der Waals surface area contributed by atoms with Crippen LogP contribution in [0.3, 0.4) is 0 Å². The predicted octanol–water partition coefficient (Wildman–Crippen LogP) is 6.38. The number of ketones is 1. The number of hydrogen-bond acceptors (Lipinski definition) is 3. The van der Waals surface area contributed by atoms with Gasteiger partial charge in [0.15, 0.2) is 0 Å². The number of esters is 1. The van der Waals surface area contributed by atoms with Gasteiger partial charge in [-0.25, -0.2) is 0 Å². The maximum Gasteiger partial charge on any atom is 0.313 e. The Kier molecular flexibility index (Phi) is 23.3. The Bertz CT molecular complexity index is 306. The second-order valence-corrected chi connectivity index (χ2v) is 6.99. The molecule has 0 spiro atoms. The summed E-state index contributed by atoms with van der Waals surface area (Å²) in [6.07, 6.45) is 20.3. The first-order valence-electron chi connectivity index (χ1n) is 10.3. The van der Waals surface area contributed by atoms with Crippen molar-refractivity contribution >= 4 is 11.8 Å². The summed E-state index contributed by atoms with van der Waals surface area (Å²) in [4.78, 5) is 22.4. The fourth-order valence-corrected chi connectivity index (χ4v) is 3.02. The third kappa shape index (κ3) is 21.6. The van der Waals surface area contributed by atoms with Crippen LogP contribution in [0.2, 0.25) is 0 Å². The van der Waals surface area contributed by atoms with Crippen LogP contribution in [0.25, 0.3) is 0 Å². The van der Waals surface area contributed by atoms with Crippen molar-refractivity contribution in [2.45, 2.75) is 116 Å². The summed E-state index contributed by atoms with van der Waals surface area (Å²) in [5, 5.41) is 0. The zero-order valence-corrected chi connectivity index (χ0v) is 17.5. The zero-order chi connectivity index (χ0) is 17.9. The van der Waals surface area contributed by atoms with Crippen LogP contribution in [-0.2, 0) is 31.4 Å². The van der Waals surface area contributed by atoms with Crippen molar-refractivity contribution in [3.05, 3.63) is 0 Å². The average Bonchev–Trinajstić information content (AvgIpc) is 2.58. The van der Waals surface area contributed by atoms with Gasteiger partial charge in [0.25, 0.3) is 0 Å². The third-order valence-corrected chi connectivity index (χ3v) is 4.63. The quantitative estimate of drug-likeness (QED) is 0.115. The van der Waals surface area contributed by atoms with Gasteiger partial charge in [-0.1, -0.05) is 96.8 Å². The molecule has 0 unspecified atom stereocenters. The standard InChI is InChI=1S/C21H40O3.Cu/c1-3-4-5-6-7-8-9-10-11-12-13-14-15-16-17-18-20(22)19-21(23)24-2;/h3-19H2,1-2H3;. The minimum atomic E-state index is -0.416. The molecule has 0 aromatic rings. The summed E-state index contributed by atoms with van der Waals surface area (Å²) in [7, 11) is 1.32. The van der Waals surface area contributed by atoms with Gasteiger partial charge < -0.3 is 4.74 Å². The smallest absolute Gasteiger partial charge is 0.313 e. The largest absolute Gasteiger partial charge is 0.469 e. The first-order chi connectivity index (χ1) is 11.7. The average molecular weight is 404 g/mol. The molecular weight excluding hydrogens is 364 g/mol. The molecule has 0 heterocycles. The molecule has 0 saturated heterocycles. The van der Waals surface area contributed by atoms with E-state index in [0.29, 0.717) is 6.42 Å². The van der Waals surface area contributed by atoms with E-state index in [0.717, 1.165) is 12.8 Å². The van der Waals surface area contributed by atoms with E-state index >= 15 is 0 Å². The van der Waals surface area contributed by atoms with Crippen LogP contribution in [0.1, 0.15) is 116 Å². The van der Waals surface area contributed by atoms with Crippen LogP contribution in [0.4, 0.5) is 0 Å². The fraction of sp³-hybridized carbons (Fsp3) is 0.905. The van der Waals surface area contributed by atoms with Crippen LogP contribution in [-0.4, -0.2) is 18.9 Å². The molecule has 0 bridgehead atoms. The van der Waals surface area contributed by atoms with E-state index in [1.165, 1.54) is 90.6 Å². The molecule has 0 aliphatic heterocycles. The number of carbonyl (C=O) groups is 2. The molecule has 0 aliphatic carbocycles. The van der Waals surface area contributed by atoms with Gasteiger partial charge in [-0.15, -0.1) is 0 Å². The van der Waals surface area contributed by atoms with Crippen LogP contribution in [0.15, 0.2) is 0 Å². The minimum Gasteiger partial charge on any atom is -0.469 e. The molecular formula is C21H40CuO3. The number of hydrogen-bond donors (Lipinski definition) is 0. The van der Waals surface area contributed by atoms with E-state index in [2.05, 4.69) is 11.7 Å². The molecule has 0 aromatic carbocycles. The number of unbranched alkanes of at least 4 members (excludes halogenated alkanes) is 14. The Morgan fingerprint density at radius 1 is 0.640 bits per heavy atom. The van der Waals surface area contributed by atoms with Gasteiger partial charge >= 0.3 is 5.97 Å². The van der Waals surface area contributed by atoms with E-state index in [9.17, 15) is 9.59 Å². The Morgan fingerprint density at radius 3 is 1.36 bits per heavy atom. The third-order valence-electron chi connectivity index (χ3n) is 4.63. The topological polar surface area (TPSA) is 43.4 Å². The molecule has 0 amide bonds. The summed E-state index contributed by atoms with van der Waals surface area (Å²) in [5.74, 6) is -0.405. The number of Topliss-reactive ketones (excluding diaryl/α,β-unsaturated/α-hetero) is 1. The van der Waals surface area contributed by atoms with Crippen molar-refractivity contribution in [2.75, 3.05) is 7.11 Å². The van der Waals surface area contributed by atoms with Gasteiger partial charge in [-0.2, -0.15) is 0 Å². The van der Waals surface area contributed by atoms with Crippen LogP contribution >= 0.6 is 0 Å². The normalized spacial score (nSPS) is 10.3. The molecule has 0 atom stereocenters. The van der Waals surface area contributed by atoms with Gasteiger partial charge in [0, 0.05) is 23.5 Å². The molecule has 0 aromatic heterocycles. The van der Waals surface area contributed by atoms with Crippen molar-refractivity contribution in [3.8, 4) is 0 Å². The molecule has 0 aliphatic rings. The van der Waals surface area contributed by atoms with Crippen LogP contribution < -0.4 is 0 Å². The van der Waals surface area contributed by atoms with Gasteiger partial charge in [0.2, 0.25) is 0 Å². The van der Waals surface area contributed by atoms with Gasteiger partial charge in [-0.05, 0) is 6.42 Å². The van der Waals surface area contributed by atoms with Gasteiger partial charge in [0.1, 0.15) is 12.2 Å². The molecule has 0 fully saturated rings. The summed E-state index contributed by atoms with van der Waals surface area (Å²) >= 11 is 0. The molecule has 1 radical (unpaired) electrons. The van der Waals surface area contributed by atoms with Gasteiger partial charge in [-0.3, -0.25) is 9.59 Å². The molecule has 0 rings (SSSR count). The summed E-state index contributed by atoms with van der Waals surface area (Å²) in [5.41, 5.74) is 0. The SMILES string of the molecule is CCCCCCCCCCCCCCCCCC(=O)CC(=O)OC.[Cu]. The molecule has 25 heavy (non-hydrogen) atoms. The maximum atomic E-state index is 11.4. The molecule has 153 valence electrons. The second kappa shape index (κ2) is 21.7. The van der Waals surface area contributed by atoms with E-state index in [1.54, 1.807) is 0 Å². The summed E-state index contributed by atoms with van der Waals surface area (Å²) < 4.78 is 4.49. The van der Waals surface area contributed by atoms with Crippen molar-refractivity contribution in [2.24, 2.45) is 0 Å². The molecule has 4 heteroatoms. The minimum absolute atomic E-state index is 0. The Balaban J connectivity index is 0. The summed E-state index contributed by atoms with van der Waals surface area (Å²) in [6.45, 7) is 2.27. The number of ether oxygens (including phenoxy) is 1. The first kappa shape index (κ1) is 26.9. The van der Waals surface area contributed by atoms with E-state index in [-0.39, 0.29) is 29.3 Å². The van der Waals surface area contributed by atoms with Crippen LogP contribution in [0.5, 0.6) is 0 Å². The maximum absolute atomic E-state index is 11.4. The van der Waals surface area contributed by atoms with E-state index in [4.69, 9.17) is 0 Å². The van der Waals surface area contributed by atoms with Crippen molar-refractivity contribution in [1.82, 2.24) is 0 Å². The van der Waals surface area contributed by atoms with Crippen LogP contribution in [0, 0.1) is 0 Å².